The Morgan fingerprint density at radius 1 is 1.30 bits per heavy atom. The number of carbonyl (C=O) groups is 1. The van der Waals surface area contributed by atoms with Gasteiger partial charge >= 0.3 is 0 Å². The number of para-hydroxylation sites is 1. The van der Waals surface area contributed by atoms with E-state index in [1.54, 1.807) is 11.8 Å². The molecule has 0 radical (unpaired) electrons. The number of rotatable bonds is 6. The van der Waals surface area contributed by atoms with Crippen LogP contribution >= 0.6 is 11.8 Å². The Hall–Kier alpha value is -2.32. The van der Waals surface area contributed by atoms with Crippen molar-refractivity contribution in [2.75, 3.05) is 5.75 Å². The summed E-state index contributed by atoms with van der Waals surface area (Å²) in [7, 11) is 3.89. The van der Waals surface area contributed by atoms with Crippen LogP contribution in [0.5, 0.6) is 0 Å². The lowest BCUT2D eigenvalue weighted by Crippen LogP contribution is -2.44. The van der Waals surface area contributed by atoms with Crippen molar-refractivity contribution in [2.24, 2.45) is 14.1 Å². The van der Waals surface area contributed by atoms with Gasteiger partial charge in [0.15, 0.2) is 5.82 Å². The Kier molecular flexibility index (Phi) is 4.92. The van der Waals surface area contributed by atoms with Gasteiger partial charge < -0.3 is 19.6 Å². The van der Waals surface area contributed by atoms with Crippen molar-refractivity contribution in [3.63, 3.8) is 0 Å². The highest BCUT2D eigenvalue weighted by atomic mass is 32.2. The Morgan fingerprint density at radius 2 is 2.07 bits per heavy atom. The highest BCUT2D eigenvalue weighted by Crippen LogP contribution is 2.36. The number of aryl methyl sites for hydroxylation is 1. The van der Waals surface area contributed by atoms with E-state index in [1.165, 1.54) is 10.9 Å². The first-order valence-electron chi connectivity index (χ1n) is 9.02. The number of hydrogen-bond donors (Lipinski definition) is 2. The molecular weight excluding hydrogens is 362 g/mol. The summed E-state index contributed by atoms with van der Waals surface area (Å²) in [4.78, 5) is 13.4. The van der Waals surface area contributed by atoms with Crippen LogP contribution in [0.2, 0.25) is 0 Å². The van der Waals surface area contributed by atoms with Crippen molar-refractivity contribution < 1.29 is 9.90 Å². The molecule has 142 valence electrons. The van der Waals surface area contributed by atoms with Gasteiger partial charge in [-0.05, 0) is 18.9 Å². The van der Waals surface area contributed by atoms with Gasteiger partial charge in [-0.1, -0.05) is 18.2 Å². The fraction of sp³-hybridized carbons (Fsp3) is 0.421. The molecule has 7 nitrogen and oxygen atoms in total. The molecule has 1 fully saturated rings. The molecular formula is C19H23N5O2S. The molecule has 0 saturated heterocycles. The molecule has 0 atom stereocenters. The van der Waals surface area contributed by atoms with E-state index < -0.39 is 0 Å². The molecule has 0 bridgehead atoms. The maximum absolute atomic E-state index is 12.3. The second-order valence-electron chi connectivity index (χ2n) is 7.03. The lowest BCUT2D eigenvalue weighted by atomic mass is 9.79. The van der Waals surface area contributed by atoms with E-state index in [9.17, 15) is 9.90 Å². The SMILES string of the molecule is Cn1c(CO)nnc1C1CC(NC(=O)CSc2cn(C)c3ccccc23)C1. The fourth-order valence-electron chi connectivity index (χ4n) is 3.65. The summed E-state index contributed by atoms with van der Waals surface area (Å²) >= 11 is 1.57. The topological polar surface area (TPSA) is 85.0 Å². The maximum atomic E-state index is 12.3. The van der Waals surface area contributed by atoms with Crippen molar-refractivity contribution in [1.29, 1.82) is 0 Å². The van der Waals surface area contributed by atoms with Crippen LogP contribution < -0.4 is 5.32 Å². The molecule has 2 aromatic heterocycles. The number of thioether (sulfide) groups is 1. The van der Waals surface area contributed by atoms with Gasteiger partial charge in [0.2, 0.25) is 5.91 Å². The van der Waals surface area contributed by atoms with E-state index in [0.29, 0.717) is 17.5 Å². The third-order valence-corrected chi connectivity index (χ3v) is 6.27. The molecule has 27 heavy (non-hydrogen) atoms. The summed E-state index contributed by atoms with van der Waals surface area (Å²) < 4.78 is 3.94. The van der Waals surface area contributed by atoms with Crippen molar-refractivity contribution in [1.82, 2.24) is 24.6 Å². The maximum Gasteiger partial charge on any atom is 0.230 e. The van der Waals surface area contributed by atoms with Crippen LogP contribution in [0.4, 0.5) is 0 Å². The van der Waals surface area contributed by atoms with Gasteiger partial charge in [0.1, 0.15) is 12.4 Å². The molecule has 2 N–H and O–H groups in total. The molecule has 0 unspecified atom stereocenters. The summed E-state index contributed by atoms with van der Waals surface area (Å²) in [5, 5.41) is 21.6. The van der Waals surface area contributed by atoms with Crippen molar-refractivity contribution in [2.45, 2.75) is 36.3 Å². The Morgan fingerprint density at radius 3 is 2.81 bits per heavy atom. The summed E-state index contributed by atoms with van der Waals surface area (Å²) in [5.74, 6) is 2.22. The number of aliphatic hydroxyl groups is 1. The van der Waals surface area contributed by atoms with E-state index in [0.717, 1.165) is 23.6 Å². The van der Waals surface area contributed by atoms with Gasteiger partial charge in [-0.2, -0.15) is 0 Å². The molecule has 0 aliphatic heterocycles. The number of nitrogens with one attached hydrogen (secondary N) is 1. The number of benzene rings is 1. The molecule has 8 heteroatoms. The Balaban J connectivity index is 1.29. The van der Waals surface area contributed by atoms with Crippen molar-refractivity contribution in [3.8, 4) is 0 Å². The summed E-state index contributed by atoms with van der Waals surface area (Å²) in [6.07, 6.45) is 3.80. The minimum Gasteiger partial charge on any atom is -0.388 e. The van der Waals surface area contributed by atoms with Crippen molar-refractivity contribution in [3.05, 3.63) is 42.1 Å². The number of nitrogens with zero attached hydrogens (tertiary/aromatic N) is 4. The van der Waals surface area contributed by atoms with Crippen molar-refractivity contribution >= 4 is 28.6 Å². The standard InChI is InChI=1S/C19H23N5O2S/c1-23-9-16(14-5-3-4-6-15(14)23)27-11-18(26)20-13-7-12(8-13)19-22-21-17(10-25)24(19)2/h3-6,9,12-13,25H,7-8,10-11H2,1-2H3,(H,20,26). The monoisotopic (exact) mass is 385 g/mol. The van der Waals surface area contributed by atoms with E-state index in [2.05, 4.69) is 38.4 Å². The average Bonchev–Trinajstić information content (AvgIpc) is 3.16. The number of carbonyl (C=O) groups excluding carboxylic acids is 1. The molecule has 4 rings (SSSR count). The summed E-state index contributed by atoms with van der Waals surface area (Å²) in [6.45, 7) is -0.109. The third kappa shape index (κ3) is 3.46. The number of amides is 1. The van der Waals surface area contributed by atoms with E-state index >= 15 is 0 Å². The molecule has 0 spiro atoms. The van der Waals surface area contributed by atoms with Gasteiger partial charge in [0.05, 0.1) is 5.75 Å². The van der Waals surface area contributed by atoms with Gasteiger partial charge in [0, 0.05) is 48.1 Å². The van der Waals surface area contributed by atoms with Crippen LogP contribution in [0, 0.1) is 0 Å². The predicted octanol–water partition coefficient (Wildman–Crippen LogP) is 1.95. The van der Waals surface area contributed by atoms with Gasteiger partial charge in [-0.3, -0.25) is 4.79 Å². The van der Waals surface area contributed by atoms with E-state index in [-0.39, 0.29) is 18.6 Å². The zero-order chi connectivity index (χ0) is 19.0. The molecule has 1 saturated carbocycles. The van der Waals surface area contributed by atoms with Crippen LogP contribution in [-0.2, 0) is 25.5 Å². The first-order valence-corrected chi connectivity index (χ1v) is 10.0. The molecule has 1 aliphatic rings. The fourth-order valence-corrected chi connectivity index (χ4v) is 4.58. The van der Waals surface area contributed by atoms with E-state index in [4.69, 9.17) is 0 Å². The first-order chi connectivity index (χ1) is 13.1. The molecule has 1 aromatic carbocycles. The third-order valence-electron chi connectivity index (χ3n) is 5.23. The molecule has 1 aliphatic carbocycles. The summed E-state index contributed by atoms with van der Waals surface area (Å²) in [5.41, 5.74) is 1.17. The van der Waals surface area contributed by atoms with Crippen LogP contribution in [0.25, 0.3) is 10.9 Å². The van der Waals surface area contributed by atoms with Crippen LogP contribution in [-0.4, -0.2) is 42.1 Å². The molecule has 1 amide bonds. The van der Waals surface area contributed by atoms with Gasteiger partial charge in [0.25, 0.3) is 0 Å². The second-order valence-corrected chi connectivity index (χ2v) is 8.05. The minimum atomic E-state index is -0.109. The smallest absolute Gasteiger partial charge is 0.230 e. The number of aromatic nitrogens is 4. The lowest BCUT2D eigenvalue weighted by molar-refractivity contribution is -0.119. The van der Waals surface area contributed by atoms with Crippen LogP contribution in [0.3, 0.4) is 0 Å². The lowest BCUT2D eigenvalue weighted by Gasteiger charge is -2.35. The quantitative estimate of drug-likeness (QED) is 0.634. The van der Waals surface area contributed by atoms with Gasteiger partial charge in [-0.15, -0.1) is 22.0 Å². The minimum absolute atomic E-state index is 0.0606. The Labute approximate surface area is 161 Å². The predicted molar refractivity (Wildman–Crippen MR) is 104 cm³/mol. The van der Waals surface area contributed by atoms with Gasteiger partial charge in [-0.25, -0.2) is 0 Å². The number of fused-ring (bicyclic) bond motifs is 1. The average molecular weight is 385 g/mol. The second kappa shape index (κ2) is 7.36. The molecule has 2 heterocycles. The normalized spacial score (nSPS) is 19.2. The highest BCUT2D eigenvalue weighted by Gasteiger charge is 2.34. The number of aliphatic hydroxyl groups excluding tert-OH is 1. The zero-order valence-corrected chi connectivity index (χ0v) is 16.2. The zero-order valence-electron chi connectivity index (χ0n) is 15.4. The largest absolute Gasteiger partial charge is 0.388 e. The Bertz CT molecular complexity index is 974. The molecule has 3 aromatic rings. The first kappa shape index (κ1) is 18.1. The highest BCUT2D eigenvalue weighted by molar-refractivity contribution is 8.00. The number of hydrogen-bond acceptors (Lipinski definition) is 5. The van der Waals surface area contributed by atoms with Crippen LogP contribution in [0.1, 0.15) is 30.4 Å². The van der Waals surface area contributed by atoms with E-state index in [1.807, 2.05) is 30.8 Å². The van der Waals surface area contributed by atoms with Crippen LogP contribution in [0.15, 0.2) is 35.4 Å². The summed E-state index contributed by atoms with van der Waals surface area (Å²) in [6, 6.07) is 8.41.